The molecule has 2 aromatic rings. The second-order valence-electron chi connectivity index (χ2n) is 9.85. The number of thioether (sulfide) groups is 1. The van der Waals surface area contributed by atoms with Crippen LogP contribution >= 0.6 is 23.4 Å². The normalized spacial score (nSPS) is 17.9. The molecule has 1 aromatic heterocycles. The molecule has 2 aliphatic heterocycles. The first kappa shape index (κ1) is 28.7. The average molecular weight is 577 g/mol. The highest BCUT2D eigenvalue weighted by Crippen LogP contribution is 2.25. The summed E-state index contributed by atoms with van der Waals surface area (Å²) in [5.41, 5.74) is 0.958. The van der Waals surface area contributed by atoms with E-state index < -0.39 is 4.92 Å². The molecule has 210 valence electrons. The topological polar surface area (TPSA) is 128 Å². The van der Waals surface area contributed by atoms with Gasteiger partial charge in [0.1, 0.15) is 11.0 Å². The lowest BCUT2D eigenvalue weighted by Crippen LogP contribution is -2.57. The van der Waals surface area contributed by atoms with Crippen LogP contribution in [0.2, 0.25) is 5.15 Å². The number of aromatic nitrogens is 2. The Morgan fingerprint density at radius 2 is 1.77 bits per heavy atom. The molecule has 0 bridgehead atoms. The van der Waals surface area contributed by atoms with Crippen molar-refractivity contribution in [2.45, 2.75) is 38.0 Å². The van der Waals surface area contributed by atoms with Crippen LogP contribution in [0.3, 0.4) is 0 Å². The molecule has 3 heterocycles. The zero-order valence-corrected chi connectivity index (χ0v) is 23.8. The molecule has 1 atom stereocenters. The molecule has 1 N–H and O–H groups in total. The van der Waals surface area contributed by atoms with Gasteiger partial charge in [0.2, 0.25) is 5.91 Å². The van der Waals surface area contributed by atoms with E-state index in [-0.39, 0.29) is 35.5 Å². The van der Waals surface area contributed by atoms with Crippen molar-refractivity contribution in [3.8, 4) is 0 Å². The summed E-state index contributed by atoms with van der Waals surface area (Å²) in [5, 5.41) is 14.6. The summed E-state index contributed by atoms with van der Waals surface area (Å²) in [4.78, 5) is 52.6. The summed E-state index contributed by atoms with van der Waals surface area (Å²) in [6.45, 7) is 10.1. The highest BCUT2D eigenvalue weighted by Gasteiger charge is 2.29. The Balaban J connectivity index is 1.29. The van der Waals surface area contributed by atoms with Crippen molar-refractivity contribution in [3.05, 3.63) is 45.6 Å². The average Bonchev–Trinajstić information content (AvgIpc) is 2.91. The minimum Gasteiger partial charge on any atom is -0.368 e. The van der Waals surface area contributed by atoms with Crippen LogP contribution in [0.25, 0.3) is 0 Å². The maximum atomic E-state index is 12.9. The van der Waals surface area contributed by atoms with Crippen molar-refractivity contribution in [3.63, 3.8) is 0 Å². The van der Waals surface area contributed by atoms with Crippen LogP contribution in [0.5, 0.6) is 0 Å². The van der Waals surface area contributed by atoms with Gasteiger partial charge < -0.3 is 24.9 Å². The van der Waals surface area contributed by atoms with E-state index in [1.807, 2.05) is 30.6 Å². The van der Waals surface area contributed by atoms with E-state index in [9.17, 15) is 19.7 Å². The molecule has 3 amide bonds. The molecule has 14 heteroatoms. The minimum absolute atomic E-state index is 0.00593. The van der Waals surface area contributed by atoms with Gasteiger partial charge in [0.05, 0.1) is 10.7 Å². The summed E-state index contributed by atoms with van der Waals surface area (Å²) in [5.74, 6) is 0.862. The van der Waals surface area contributed by atoms with Crippen LogP contribution in [0.1, 0.15) is 20.8 Å². The number of carbonyl (C=O) groups excluding carboxylic acids is 2. The summed E-state index contributed by atoms with van der Waals surface area (Å²) in [7, 11) is 0. The van der Waals surface area contributed by atoms with Gasteiger partial charge in [-0.3, -0.25) is 14.9 Å². The van der Waals surface area contributed by atoms with Crippen LogP contribution < -0.4 is 15.1 Å². The molecule has 1 unspecified atom stereocenters. The number of rotatable bonds is 7. The van der Waals surface area contributed by atoms with Crippen molar-refractivity contribution in [2.24, 2.45) is 0 Å². The number of non-ortho nitro benzene ring substituents is 1. The fourth-order valence-electron chi connectivity index (χ4n) is 4.63. The van der Waals surface area contributed by atoms with Gasteiger partial charge in [0.15, 0.2) is 5.16 Å². The summed E-state index contributed by atoms with van der Waals surface area (Å²) in [6, 6.07) is 8.17. The third kappa shape index (κ3) is 7.41. The number of nitrogens with zero attached hydrogens (tertiary/aromatic N) is 7. The monoisotopic (exact) mass is 576 g/mol. The first-order chi connectivity index (χ1) is 18.6. The van der Waals surface area contributed by atoms with E-state index in [4.69, 9.17) is 11.6 Å². The van der Waals surface area contributed by atoms with E-state index in [2.05, 4.69) is 25.1 Å². The van der Waals surface area contributed by atoms with E-state index in [1.54, 1.807) is 18.2 Å². The van der Waals surface area contributed by atoms with Gasteiger partial charge in [0, 0.05) is 81.8 Å². The summed E-state index contributed by atoms with van der Waals surface area (Å²) in [6.07, 6.45) is 0. The standard InChI is InChI=1S/C25H33ClN8O4S/c1-17(2)27-25(36)33-13-12-32(15-18(33)3)22-14-21(26)28-24(29-22)39-16-23(35)31-10-8-30(9-11-31)19-4-6-20(7-5-19)34(37)38/h4-7,14,17-18H,8-13,15-16H2,1-3H3,(H,27,36). The number of amides is 3. The lowest BCUT2D eigenvalue weighted by Gasteiger charge is -2.40. The van der Waals surface area contributed by atoms with Gasteiger partial charge in [-0.05, 0) is 32.9 Å². The maximum absolute atomic E-state index is 12.9. The minimum atomic E-state index is -0.417. The zero-order chi connectivity index (χ0) is 28.1. The molecule has 0 radical (unpaired) electrons. The highest BCUT2D eigenvalue weighted by atomic mass is 35.5. The number of anilines is 2. The van der Waals surface area contributed by atoms with E-state index >= 15 is 0 Å². The number of piperazine rings is 2. The third-order valence-corrected chi connectivity index (χ3v) is 7.69. The molecular formula is C25H33ClN8O4S. The molecule has 2 aliphatic rings. The predicted octanol–water partition coefficient (Wildman–Crippen LogP) is 3.11. The van der Waals surface area contributed by atoms with Crippen molar-refractivity contribution in [1.29, 1.82) is 0 Å². The second kappa shape index (κ2) is 12.7. The van der Waals surface area contributed by atoms with Crippen LogP contribution in [0.4, 0.5) is 22.0 Å². The van der Waals surface area contributed by atoms with Crippen molar-refractivity contribution in [1.82, 2.24) is 25.1 Å². The number of nitrogens with one attached hydrogen (secondary N) is 1. The van der Waals surface area contributed by atoms with Gasteiger partial charge in [-0.25, -0.2) is 14.8 Å². The molecule has 39 heavy (non-hydrogen) atoms. The fourth-order valence-corrected chi connectivity index (χ4v) is 5.61. The second-order valence-corrected chi connectivity index (χ2v) is 11.2. The number of nitro benzene ring substituents is 1. The van der Waals surface area contributed by atoms with Crippen molar-refractivity contribution < 1.29 is 14.5 Å². The number of benzene rings is 1. The van der Waals surface area contributed by atoms with Gasteiger partial charge in [-0.1, -0.05) is 23.4 Å². The molecule has 1 aromatic carbocycles. The Kier molecular flexibility index (Phi) is 9.33. The Morgan fingerprint density at radius 1 is 1.10 bits per heavy atom. The Hall–Kier alpha value is -3.32. The summed E-state index contributed by atoms with van der Waals surface area (Å²) < 4.78 is 0. The van der Waals surface area contributed by atoms with Gasteiger partial charge in [-0.15, -0.1) is 0 Å². The smallest absolute Gasteiger partial charge is 0.317 e. The van der Waals surface area contributed by atoms with Crippen LogP contribution in [-0.4, -0.2) is 100 Å². The SMILES string of the molecule is CC(C)NC(=O)N1CCN(c2cc(Cl)nc(SCC(=O)N3CCN(c4ccc([N+](=O)[O-])cc4)CC3)n2)CC1C. The van der Waals surface area contributed by atoms with Gasteiger partial charge in [-0.2, -0.15) is 0 Å². The third-order valence-electron chi connectivity index (χ3n) is 6.67. The molecule has 4 rings (SSSR count). The Bertz CT molecular complexity index is 1190. The molecule has 2 fully saturated rings. The molecule has 2 saturated heterocycles. The van der Waals surface area contributed by atoms with Crippen molar-refractivity contribution >= 4 is 52.5 Å². The molecule has 12 nitrogen and oxygen atoms in total. The fraction of sp³-hybridized carbons (Fsp3) is 0.520. The quantitative estimate of drug-likeness (QED) is 0.174. The number of halogens is 1. The van der Waals surface area contributed by atoms with E-state index in [0.717, 1.165) is 5.69 Å². The number of carbonyl (C=O) groups is 2. The number of hydrogen-bond donors (Lipinski definition) is 1. The van der Waals surface area contributed by atoms with Gasteiger partial charge in [0.25, 0.3) is 5.69 Å². The number of nitro groups is 1. The van der Waals surface area contributed by atoms with E-state index in [1.165, 1.54) is 23.9 Å². The molecule has 0 saturated carbocycles. The lowest BCUT2D eigenvalue weighted by atomic mass is 10.2. The number of urea groups is 1. The first-order valence-corrected chi connectivity index (χ1v) is 14.2. The van der Waals surface area contributed by atoms with E-state index in [0.29, 0.717) is 61.9 Å². The largest absolute Gasteiger partial charge is 0.368 e. The molecular weight excluding hydrogens is 544 g/mol. The summed E-state index contributed by atoms with van der Waals surface area (Å²) >= 11 is 7.56. The zero-order valence-electron chi connectivity index (χ0n) is 22.2. The van der Waals surface area contributed by atoms with Crippen LogP contribution in [0.15, 0.2) is 35.5 Å². The van der Waals surface area contributed by atoms with Crippen LogP contribution in [0, 0.1) is 10.1 Å². The van der Waals surface area contributed by atoms with Crippen LogP contribution in [-0.2, 0) is 4.79 Å². The molecule has 0 aliphatic carbocycles. The Morgan fingerprint density at radius 3 is 2.38 bits per heavy atom. The first-order valence-electron chi connectivity index (χ1n) is 12.9. The lowest BCUT2D eigenvalue weighted by molar-refractivity contribution is -0.384. The van der Waals surface area contributed by atoms with Crippen molar-refractivity contribution in [2.75, 3.05) is 61.4 Å². The maximum Gasteiger partial charge on any atom is 0.317 e. The highest BCUT2D eigenvalue weighted by molar-refractivity contribution is 7.99. The molecule has 0 spiro atoms. The predicted molar refractivity (Wildman–Crippen MR) is 152 cm³/mol. The Labute approximate surface area is 236 Å². The number of hydrogen-bond acceptors (Lipinski definition) is 9. The van der Waals surface area contributed by atoms with Gasteiger partial charge >= 0.3 is 6.03 Å².